The van der Waals surface area contributed by atoms with Gasteiger partial charge in [0.25, 0.3) is 0 Å². The standard InChI is InChI=1S/C11H11FO2/c1-6(13)8-4-9(7-2-3-7)11(14)5-10(8)12/h4-5,7,14H,2-3H2,1H3. The Labute approximate surface area is 81.4 Å². The van der Waals surface area contributed by atoms with Crippen LogP contribution >= 0.6 is 0 Å². The lowest BCUT2D eigenvalue weighted by Crippen LogP contribution is -1.98. The van der Waals surface area contributed by atoms with Crippen molar-refractivity contribution in [2.24, 2.45) is 0 Å². The normalized spacial score (nSPS) is 15.6. The van der Waals surface area contributed by atoms with Crippen molar-refractivity contribution >= 4 is 5.78 Å². The van der Waals surface area contributed by atoms with Gasteiger partial charge in [0, 0.05) is 6.07 Å². The van der Waals surface area contributed by atoms with Gasteiger partial charge in [-0.1, -0.05) is 0 Å². The summed E-state index contributed by atoms with van der Waals surface area (Å²) in [7, 11) is 0. The minimum absolute atomic E-state index is 0.0324. The number of halogens is 1. The third-order valence-electron chi connectivity index (χ3n) is 2.51. The monoisotopic (exact) mass is 194 g/mol. The van der Waals surface area contributed by atoms with Crippen LogP contribution in [0.2, 0.25) is 0 Å². The highest BCUT2D eigenvalue weighted by Gasteiger charge is 2.27. The minimum atomic E-state index is -0.639. The van der Waals surface area contributed by atoms with Gasteiger partial charge in [0.05, 0.1) is 5.56 Å². The molecule has 0 unspecified atom stereocenters. The van der Waals surface area contributed by atoms with Crippen molar-refractivity contribution < 1.29 is 14.3 Å². The van der Waals surface area contributed by atoms with Crippen LogP contribution in [0.3, 0.4) is 0 Å². The van der Waals surface area contributed by atoms with Crippen LogP contribution in [-0.2, 0) is 0 Å². The molecule has 0 aliphatic heterocycles. The maximum atomic E-state index is 13.2. The molecule has 0 saturated heterocycles. The summed E-state index contributed by atoms with van der Waals surface area (Å²) in [5.41, 5.74) is 0.779. The van der Waals surface area contributed by atoms with Crippen LogP contribution in [0, 0.1) is 5.82 Å². The zero-order valence-corrected chi connectivity index (χ0v) is 7.88. The van der Waals surface area contributed by atoms with E-state index < -0.39 is 5.82 Å². The smallest absolute Gasteiger partial charge is 0.162 e. The Balaban J connectivity index is 2.51. The number of aromatic hydroxyl groups is 1. The van der Waals surface area contributed by atoms with E-state index in [4.69, 9.17) is 0 Å². The fraction of sp³-hybridized carbons (Fsp3) is 0.364. The highest BCUT2D eigenvalue weighted by Crippen LogP contribution is 2.44. The van der Waals surface area contributed by atoms with Gasteiger partial charge in [-0.3, -0.25) is 4.79 Å². The lowest BCUT2D eigenvalue weighted by Gasteiger charge is -2.05. The number of phenols is 1. The summed E-state index contributed by atoms with van der Waals surface area (Å²) < 4.78 is 13.2. The number of benzene rings is 1. The molecule has 0 atom stereocenters. The third-order valence-corrected chi connectivity index (χ3v) is 2.51. The molecule has 2 rings (SSSR count). The molecule has 1 aliphatic rings. The molecule has 1 aromatic carbocycles. The molecule has 0 aromatic heterocycles. The maximum Gasteiger partial charge on any atom is 0.162 e. The first-order valence-electron chi connectivity index (χ1n) is 4.63. The summed E-state index contributed by atoms with van der Waals surface area (Å²) >= 11 is 0. The number of hydrogen-bond acceptors (Lipinski definition) is 2. The van der Waals surface area contributed by atoms with E-state index in [1.807, 2.05) is 0 Å². The molecule has 74 valence electrons. The second-order valence-electron chi connectivity index (χ2n) is 3.72. The van der Waals surface area contributed by atoms with Crippen molar-refractivity contribution in [2.45, 2.75) is 25.7 Å². The molecule has 0 heterocycles. The summed E-state index contributed by atoms with van der Waals surface area (Å²) in [6, 6.07) is 2.51. The van der Waals surface area contributed by atoms with E-state index in [2.05, 4.69) is 0 Å². The van der Waals surface area contributed by atoms with Gasteiger partial charge in [-0.05, 0) is 37.3 Å². The number of carbonyl (C=O) groups is 1. The first-order valence-corrected chi connectivity index (χ1v) is 4.63. The van der Waals surface area contributed by atoms with Crippen LogP contribution in [0.5, 0.6) is 5.75 Å². The van der Waals surface area contributed by atoms with Crippen molar-refractivity contribution in [3.8, 4) is 5.75 Å². The van der Waals surface area contributed by atoms with E-state index in [0.717, 1.165) is 18.9 Å². The number of rotatable bonds is 2. The van der Waals surface area contributed by atoms with Crippen LogP contribution in [0.15, 0.2) is 12.1 Å². The molecular weight excluding hydrogens is 183 g/mol. The molecule has 2 nitrogen and oxygen atoms in total. The second kappa shape index (κ2) is 3.08. The summed E-state index contributed by atoms with van der Waals surface area (Å²) in [6.45, 7) is 1.33. The quantitative estimate of drug-likeness (QED) is 0.735. The first kappa shape index (κ1) is 9.19. The molecule has 3 heteroatoms. The van der Waals surface area contributed by atoms with Crippen LogP contribution in [0.4, 0.5) is 4.39 Å². The van der Waals surface area contributed by atoms with Gasteiger partial charge in [0.15, 0.2) is 5.78 Å². The van der Waals surface area contributed by atoms with E-state index in [9.17, 15) is 14.3 Å². The summed E-state index contributed by atoms with van der Waals surface area (Å²) in [4.78, 5) is 11.1. The predicted octanol–water partition coefficient (Wildman–Crippen LogP) is 2.61. The molecule has 0 amide bonds. The summed E-state index contributed by atoms with van der Waals surface area (Å²) in [5, 5.41) is 9.46. The SMILES string of the molecule is CC(=O)c1cc(C2CC2)c(O)cc1F. The van der Waals surface area contributed by atoms with Gasteiger partial charge >= 0.3 is 0 Å². The highest BCUT2D eigenvalue weighted by atomic mass is 19.1. The Morgan fingerprint density at radius 3 is 2.64 bits per heavy atom. The van der Waals surface area contributed by atoms with Gasteiger partial charge in [0.2, 0.25) is 0 Å². The average Bonchev–Trinajstić information content (AvgIpc) is 2.86. The molecule has 1 fully saturated rings. The van der Waals surface area contributed by atoms with E-state index in [-0.39, 0.29) is 17.1 Å². The van der Waals surface area contributed by atoms with Crippen molar-refractivity contribution in [1.82, 2.24) is 0 Å². The topological polar surface area (TPSA) is 37.3 Å². The Morgan fingerprint density at radius 2 is 2.14 bits per heavy atom. The second-order valence-corrected chi connectivity index (χ2v) is 3.72. The van der Waals surface area contributed by atoms with E-state index in [1.165, 1.54) is 13.0 Å². The lowest BCUT2D eigenvalue weighted by atomic mass is 10.0. The third kappa shape index (κ3) is 1.50. The van der Waals surface area contributed by atoms with Gasteiger partial charge in [-0.2, -0.15) is 0 Å². The largest absolute Gasteiger partial charge is 0.508 e. The minimum Gasteiger partial charge on any atom is -0.508 e. The van der Waals surface area contributed by atoms with E-state index in [0.29, 0.717) is 11.5 Å². The maximum absolute atomic E-state index is 13.2. The van der Waals surface area contributed by atoms with Crippen molar-refractivity contribution in [3.63, 3.8) is 0 Å². The van der Waals surface area contributed by atoms with Crippen LogP contribution < -0.4 is 0 Å². The fourth-order valence-electron chi connectivity index (χ4n) is 1.57. The highest BCUT2D eigenvalue weighted by molar-refractivity contribution is 5.94. The number of carbonyl (C=O) groups excluding carboxylic acids is 1. The van der Waals surface area contributed by atoms with Gasteiger partial charge in [-0.15, -0.1) is 0 Å². The van der Waals surface area contributed by atoms with Gasteiger partial charge < -0.3 is 5.11 Å². The molecule has 1 N–H and O–H groups in total. The van der Waals surface area contributed by atoms with Crippen LogP contribution in [0.25, 0.3) is 0 Å². The Morgan fingerprint density at radius 1 is 1.50 bits per heavy atom. The molecule has 0 spiro atoms. The number of phenolic OH excluding ortho intramolecular Hbond substituents is 1. The molecule has 0 bridgehead atoms. The Kier molecular flexibility index (Phi) is 2.02. The van der Waals surface area contributed by atoms with E-state index >= 15 is 0 Å². The lowest BCUT2D eigenvalue weighted by molar-refractivity contribution is 0.101. The summed E-state index contributed by atoms with van der Waals surface area (Å²) in [5.74, 6) is -0.660. The van der Waals surface area contributed by atoms with Gasteiger partial charge in [-0.25, -0.2) is 4.39 Å². The predicted molar refractivity (Wildman–Crippen MR) is 50.0 cm³/mol. The van der Waals surface area contributed by atoms with Crippen molar-refractivity contribution in [3.05, 3.63) is 29.1 Å². The zero-order chi connectivity index (χ0) is 10.3. The molecule has 0 radical (unpaired) electrons. The number of Topliss-reactive ketones (excluding diaryl/α,β-unsaturated/α-hetero) is 1. The van der Waals surface area contributed by atoms with Crippen molar-refractivity contribution in [2.75, 3.05) is 0 Å². The van der Waals surface area contributed by atoms with Crippen LogP contribution in [0.1, 0.15) is 41.6 Å². The Bertz CT molecular complexity index is 395. The van der Waals surface area contributed by atoms with Crippen molar-refractivity contribution in [1.29, 1.82) is 0 Å². The molecule has 14 heavy (non-hydrogen) atoms. The number of ketones is 1. The molecule has 1 aliphatic carbocycles. The van der Waals surface area contributed by atoms with Gasteiger partial charge in [0.1, 0.15) is 11.6 Å². The van der Waals surface area contributed by atoms with E-state index in [1.54, 1.807) is 0 Å². The molecule has 1 aromatic rings. The number of hydrogen-bond donors (Lipinski definition) is 1. The first-order chi connectivity index (χ1) is 6.59. The summed E-state index contributed by atoms with van der Waals surface area (Å²) in [6.07, 6.45) is 2.02. The average molecular weight is 194 g/mol. The fourth-order valence-corrected chi connectivity index (χ4v) is 1.57. The van der Waals surface area contributed by atoms with Crippen LogP contribution in [-0.4, -0.2) is 10.9 Å². The molecule has 1 saturated carbocycles. The molecular formula is C11H11FO2. The Hall–Kier alpha value is -1.38. The zero-order valence-electron chi connectivity index (χ0n) is 7.88.